The van der Waals surface area contributed by atoms with Crippen molar-refractivity contribution in [1.82, 2.24) is 34.9 Å². The fourth-order valence-corrected chi connectivity index (χ4v) is 2.38. The van der Waals surface area contributed by atoms with Gasteiger partial charge in [0.25, 0.3) is 0 Å². The van der Waals surface area contributed by atoms with Crippen molar-refractivity contribution < 1.29 is 4.39 Å². The van der Waals surface area contributed by atoms with E-state index in [-0.39, 0.29) is 5.82 Å². The minimum atomic E-state index is -0.262. The molecule has 0 aliphatic heterocycles. The minimum Gasteiger partial charge on any atom is -0.362 e. The standard InChI is InChI=1S/C15H13FN8/c16-11-3-1-2-10(4-11)7-24-9-20-13(23-24)6-17-14-12-5-21-22-15(12)19-8-18-14/h1-5,8-9H,6-7H2,(H2,17,18,19,21,22). The van der Waals surface area contributed by atoms with E-state index in [9.17, 15) is 4.39 Å². The van der Waals surface area contributed by atoms with Crippen LogP contribution in [0.4, 0.5) is 10.2 Å². The largest absolute Gasteiger partial charge is 0.362 e. The van der Waals surface area contributed by atoms with Crippen molar-refractivity contribution in [2.24, 2.45) is 0 Å². The third kappa shape index (κ3) is 2.91. The first-order chi connectivity index (χ1) is 11.8. The number of H-pyrrole nitrogens is 1. The lowest BCUT2D eigenvalue weighted by Crippen LogP contribution is -2.06. The van der Waals surface area contributed by atoms with Crippen molar-refractivity contribution in [2.75, 3.05) is 5.32 Å². The number of nitrogens with one attached hydrogen (secondary N) is 2. The molecule has 0 aliphatic rings. The highest BCUT2D eigenvalue weighted by Crippen LogP contribution is 2.16. The molecular formula is C15H13FN8. The molecular weight excluding hydrogens is 311 g/mol. The molecule has 0 amide bonds. The fraction of sp³-hybridized carbons (Fsp3) is 0.133. The van der Waals surface area contributed by atoms with Crippen LogP contribution < -0.4 is 5.32 Å². The van der Waals surface area contributed by atoms with Crippen molar-refractivity contribution >= 4 is 16.9 Å². The summed E-state index contributed by atoms with van der Waals surface area (Å²) >= 11 is 0. The van der Waals surface area contributed by atoms with Crippen LogP contribution in [0.2, 0.25) is 0 Å². The van der Waals surface area contributed by atoms with E-state index in [4.69, 9.17) is 0 Å². The van der Waals surface area contributed by atoms with Crippen molar-refractivity contribution in [3.63, 3.8) is 0 Å². The summed E-state index contributed by atoms with van der Waals surface area (Å²) in [6, 6.07) is 6.42. The van der Waals surface area contributed by atoms with Crippen molar-refractivity contribution in [1.29, 1.82) is 0 Å². The van der Waals surface area contributed by atoms with E-state index in [0.29, 0.717) is 30.4 Å². The zero-order chi connectivity index (χ0) is 16.4. The maximum atomic E-state index is 13.2. The Morgan fingerprint density at radius 2 is 2.17 bits per heavy atom. The molecule has 2 N–H and O–H groups in total. The highest BCUT2D eigenvalue weighted by molar-refractivity contribution is 5.85. The number of aromatic nitrogens is 7. The number of hydrogen-bond acceptors (Lipinski definition) is 6. The van der Waals surface area contributed by atoms with Gasteiger partial charge in [0.1, 0.15) is 24.3 Å². The second-order valence-corrected chi connectivity index (χ2v) is 5.20. The van der Waals surface area contributed by atoms with Gasteiger partial charge in [-0.15, -0.1) is 0 Å². The molecule has 9 heteroatoms. The lowest BCUT2D eigenvalue weighted by Gasteiger charge is -2.03. The summed E-state index contributed by atoms with van der Waals surface area (Å²) in [7, 11) is 0. The molecule has 1 aromatic carbocycles. The van der Waals surface area contributed by atoms with E-state index < -0.39 is 0 Å². The van der Waals surface area contributed by atoms with E-state index in [2.05, 4.69) is 35.6 Å². The number of fused-ring (bicyclic) bond motifs is 1. The molecule has 0 spiro atoms. The predicted octanol–water partition coefficient (Wildman–Crippen LogP) is 1.74. The molecule has 120 valence electrons. The minimum absolute atomic E-state index is 0.262. The Bertz CT molecular complexity index is 976. The normalized spacial score (nSPS) is 11.0. The summed E-state index contributed by atoms with van der Waals surface area (Å²) in [6.07, 6.45) is 4.74. The topological polar surface area (TPSA) is 97.2 Å². The Balaban J connectivity index is 1.45. The van der Waals surface area contributed by atoms with Crippen LogP contribution in [0.5, 0.6) is 0 Å². The Morgan fingerprint density at radius 3 is 3.08 bits per heavy atom. The number of halogens is 1. The predicted molar refractivity (Wildman–Crippen MR) is 84.5 cm³/mol. The number of rotatable bonds is 5. The average molecular weight is 324 g/mol. The molecule has 0 bridgehead atoms. The number of aromatic amines is 1. The molecule has 0 unspecified atom stereocenters. The summed E-state index contributed by atoms with van der Waals surface area (Å²) in [5.41, 5.74) is 1.49. The van der Waals surface area contributed by atoms with Gasteiger partial charge in [-0.2, -0.15) is 10.2 Å². The van der Waals surface area contributed by atoms with E-state index in [0.717, 1.165) is 10.9 Å². The van der Waals surface area contributed by atoms with Gasteiger partial charge < -0.3 is 5.32 Å². The van der Waals surface area contributed by atoms with Crippen LogP contribution in [0.1, 0.15) is 11.4 Å². The monoisotopic (exact) mass is 324 g/mol. The van der Waals surface area contributed by atoms with Crippen LogP contribution in [-0.2, 0) is 13.1 Å². The lowest BCUT2D eigenvalue weighted by atomic mass is 10.2. The molecule has 4 aromatic rings. The maximum Gasteiger partial charge on any atom is 0.169 e. The van der Waals surface area contributed by atoms with Gasteiger partial charge in [0, 0.05) is 0 Å². The fourth-order valence-electron chi connectivity index (χ4n) is 2.38. The van der Waals surface area contributed by atoms with E-state index in [1.54, 1.807) is 23.3 Å². The summed E-state index contributed by atoms with van der Waals surface area (Å²) in [5.74, 6) is 1.01. The van der Waals surface area contributed by atoms with Crippen molar-refractivity contribution in [2.45, 2.75) is 13.1 Å². The van der Waals surface area contributed by atoms with Gasteiger partial charge in [-0.25, -0.2) is 24.0 Å². The second kappa shape index (κ2) is 6.03. The number of hydrogen-bond donors (Lipinski definition) is 2. The van der Waals surface area contributed by atoms with Gasteiger partial charge in [-0.05, 0) is 17.7 Å². The molecule has 0 saturated carbocycles. The van der Waals surface area contributed by atoms with Crippen LogP contribution in [0.15, 0.2) is 43.1 Å². The highest BCUT2D eigenvalue weighted by atomic mass is 19.1. The van der Waals surface area contributed by atoms with E-state index >= 15 is 0 Å². The number of nitrogens with zero attached hydrogens (tertiary/aromatic N) is 6. The highest BCUT2D eigenvalue weighted by Gasteiger charge is 2.07. The molecule has 8 nitrogen and oxygen atoms in total. The Labute approximate surface area is 135 Å². The SMILES string of the molecule is Fc1cccc(Cn2cnc(CNc3ncnc4[nH]ncc34)n2)c1. The van der Waals surface area contributed by atoms with Gasteiger partial charge in [0.15, 0.2) is 11.5 Å². The van der Waals surface area contributed by atoms with Crippen LogP contribution >= 0.6 is 0 Å². The number of benzene rings is 1. The molecule has 3 heterocycles. The van der Waals surface area contributed by atoms with Crippen molar-refractivity contribution in [3.05, 3.63) is 60.3 Å². The molecule has 0 saturated heterocycles. The maximum absolute atomic E-state index is 13.2. The Kier molecular flexibility index (Phi) is 3.58. The van der Waals surface area contributed by atoms with E-state index in [1.165, 1.54) is 18.5 Å². The molecule has 3 aromatic heterocycles. The first-order valence-electron chi connectivity index (χ1n) is 7.28. The molecule has 0 radical (unpaired) electrons. The zero-order valence-corrected chi connectivity index (χ0v) is 12.5. The lowest BCUT2D eigenvalue weighted by molar-refractivity contribution is 0.618. The first-order valence-corrected chi connectivity index (χ1v) is 7.28. The smallest absolute Gasteiger partial charge is 0.169 e. The molecule has 24 heavy (non-hydrogen) atoms. The Morgan fingerprint density at radius 1 is 1.21 bits per heavy atom. The van der Waals surface area contributed by atoms with Crippen LogP contribution in [0.25, 0.3) is 11.0 Å². The summed E-state index contributed by atoms with van der Waals surface area (Å²) in [5, 5.41) is 15.1. The Hall–Kier alpha value is -3.36. The summed E-state index contributed by atoms with van der Waals surface area (Å²) in [4.78, 5) is 12.5. The average Bonchev–Trinajstić information content (AvgIpc) is 3.22. The van der Waals surface area contributed by atoms with Crippen molar-refractivity contribution in [3.8, 4) is 0 Å². The van der Waals surface area contributed by atoms with Crippen LogP contribution in [0.3, 0.4) is 0 Å². The van der Waals surface area contributed by atoms with Crippen LogP contribution in [-0.4, -0.2) is 34.9 Å². The third-order valence-electron chi connectivity index (χ3n) is 3.48. The van der Waals surface area contributed by atoms with Gasteiger partial charge in [0.05, 0.1) is 24.7 Å². The molecule has 0 atom stereocenters. The van der Waals surface area contributed by atoms with Gasteiger partial charge >= 0.3 is 0 Å². The summed E-state index contributed by atoms with van der Waals surface area (Å²) < 4.78 is 14.9. The van der Waals surface area contributed by atoms with Crippen LogP contribution in [0, 0.1) is 5.82 Å². The first kappa shape index (κ1) is 14.2. The summed E-state index contributed by atoms with van der Waals surface area (Å²) in [6.45, 7) is 0.873. The third-order valence-corrected chi connectivity index (χ3v) is 3.48. The number of anilines is 1. The molecule has 4 rings (SSSR count). The zero-order valence-electron chi connectivity index (χ0n) is 12.5. The van der Waals surface area contributed by atoms with Gasteiger partial charge in [-0.1, -0.05) is 12.1 Å². The van der Waals surface area contributed by atoms with E-state index in [1.807, 2.05) is 6.07 Å². The molecule has 0 fully saturated rings. The van der Waals surface area contributed by atoms with Gasteiger partial charge in [0.2, 0.25) is 0 Å². The molecule has 0 aliphatic carbocycles. The quantitative estimate of drug-likeness (QED) is 0.580. The second-order valence-electron chi connectivity index (χ2n) is 5.20. The van der Waals surface area contributed by atoms with Gasteiger partial charge in [-0.3, -0.25) is 5.10 Å².